The Morgan fingerprint density at radius 3 is 2.55 bits per heavy atom. The van der Waals surface area contributed by atoms with E-state index in [-0.39, 0.29) is 6.04 Å². The molecule has 4 nitrogen and oxygen atoms in total. The van der Waals surface area contributed by atoms with Crippen LogP contribution >= 0.6 is 0 Å². The molecule has 2 aromatic carbocycles. The molecule has 3 rings (SSSR count). The molecule has 4 heteroatoms. The second-order valence-corrected chi connectivity index (χ2v) is 4.62. The van der Waals surface area contributed by atoms with Crippen molar-refractivity contribution >= 4 is 16.6 Å². The Balaban J connectivity index is 1.96. The molecule has 0 fully saturated rings. The lowest BCUT2D eigenvalue weighted by atomic mass is 10.1. The first-order chi connectivity index (χ1) is 9.88. The van der Waals surface area contributed by atoms with E-state index in [9.17, 15) is 0 Å². The van der Waals surface area contributed by atoms with Crippen LogP contribution in [0.1, 0.15) is 11.6 Å². The third-order valence-electron chi connectivity index (χ3n) is 3.31. The standard InChI is InChI=1S/C16H16N4/c17-10-15(12-6-2-1-3-7-12)19-16-11-18-20-14-9-5-4-8-13(14)16/h1-9,11,15H,10,17H2,(H,19,20). The number of nitrogens with zero attached hydrogens (tertiary/aromatic N) is 2. The van der Waals surface area contributed by atoms with Gasteiger partial charge in [0, 0.05) is 11.9 Å². The van der Waals surface area contributed by atoms with Gasteiger partial charge in [-0.2, -0.15) is 10.2 Å². The van der Waals surface area contributed by atoms with E-state index >= 15 is 0 Å². The molecule has 0 radical (unpaired) electrons. The Labute approximate surface area is 117 Å². The van der Waals surface area contributed by atoms with E-state index in [1.807, 2.05) is 42.5 Å². The van der Waals surface area contributed by atoms with Crippen molar-refractivity contribution in [1.29, 1.82) is 0 Å². The lowest BCUT2D eigenvalue weighted by Crippen LogP contribution is -2.20. The molecule has 0 amide bonds. The quantitative estimate of drug-likeness (QED) is 0.760. The maximum atomic E-state index is 5.90. The number of benzene rings is 2. The second kappa shape index (κ2) is 5.67. The van der Waals surface area contributed by atoms with Crippen LogP contribution in [0.2, 0.25) is 0 Å². The molecule has 0 aliphatic heterocycles. The second-order valence-electron chi connectivity index (χ2n) is 4.62. The first-order valence-electron chi connectivity index (χ1n) is 6.60. The molecule has 3 N–H and O–H groups in total. The van der Waals surface area contributed by atoms with Gasteiger partial charge in [0.15, 0.2) is 0 Å². The van der Waals surface area contributed by atoms with E-state index in [1.165, 1.54) is 0 Å². The van der Waals surface area contributed by atoms with Gasteiger partial charge in [-0.1, -0.05) is 48.5 Å². The molecule has 0 spiro atoms. The minimum atomic E-state index is 0.0591. The first-order valence-corrected chi connectivity index (χ1v) is 6.60. The highest BCUT2D eigenvalue weighted by molar-refractivity contribution is 5.90. The normalized spacial score (nSPS) is 12.2. The zero-order valence-corrected chi connectivity index (χ0v) is 11.0. The summed E-state index contributed by atoms with van der Waals surface area (Å²) in [6.07, 6.45) is 1.74. The number of rotatable bonds is 4. The molecule has 0 aliphatic rings. The Hall–Kier alpha value is -2.46. The van der Waals surface area contributed by atoms with E-state index in [0.29, 0.717) is 6.54 Å². The van der Waals surface area contributed by atoms with Crippen molar-refractivity contribution in [1.82, 2.24) is 10.2 Å². The zero-order valence-electron chi connectivity index (χ0n) is 11.0. The maximum absolute atomic E-state index is 5.90. The van der Waals surface area contributed by atoms with Crippen molar-refractivity contribution < 1.29 is 0 Å². The molecule has 1 unspecified atom stereocenters. The average Bonchev–Trinajstić information content (AvgIpc) is 2.53. The van der Waals surface area contributed by atoms with Gasteiger partial charge in [0.2, 0.25) is 0 Å². The lowest BCUT2D eigenvalue weighted by Gasteiger charge is -2.19. The van der Waals surface area contributed by atoms with Crippen molar-refractivity contribution in [3.8, 4) is 0 Å². The largest absolute Gasteiger partial charge is 0.375 e. The molecule has 0 saturated carbocycles. The predicted octanol–water partition coefficient (Wildman–Crippen LogP) is 2.74. The van der Waals surface area contributed by atoms with Crippen molar-refractivity contribution in [3.63, 3.8) is 0 Å². The van der Waals surface area contributed by atoms with Crippen LogP contribution in [0.15, 0.2) is 60.8 Å². The Morgan fingerprint density at radius 1 is 1.00 bits per heavy atom. The van der Waals surface area contributed by atoms with Gasteiger partial charge in [-0.3, -0.25) is 0 Å². The SMILES string of the molecule is NCC(Nc1cnnc2ccccc12)c1ccccc1. The topological polar surface area (TPSA) is 63.8 Å². The molecule has 3 aromatic rings. The zero-order chi connectivity index (χ0) is 13.8. The van der Waals surface area contributed by atoms with E-state index in [1.54, 1.807) is 6.20 Å². The molecule has 0 bridgehead atoms. The highest BCUT2D eigenvalue weighted by Gasteiger charge is 2.11. The van der Waals surface area contributed by atoms with Gasteiger partial charge >= 0.3 is 0 Å². The van der Waals surface area contributed by atoms with E-state index in [4.69, 9.17) is 5.73 Å². The summed E-state index contributed by atoms with van der Waals surface area (Å²) in [5.41, 5.74) is 8.89. The van der Waals surface area contributed by atoms with Crippen LogP contribution in [0.3, 0.4) is 0 Å². The van der Waals surface area contributed by atoms with E-state index in [2.05, 4.69) is 27.6 Å². The fourth-order valence-electron chi connectivity index (χ4n) is 2.27. The third kappa shape index (κ3) is 2.46. The van der Waals surface area contributed by atoms with Gasteiger partial charge < -0.3 is 11.1 Å². The van der Waals surface area contributed by atoms with Crippen LogP contribution in [0.4, 0.5) is 5.69 Å². The number of nitrogens with two attached hydrogens (primary N) is 1. The summed E-state index contributed by atoms with van der Waals surface area (Å²) < 4.78 is 0. The summed E-state index contributed by atoms with van der Waals surface area (Å²) in [6, 6.07) is 18.2. The van der Waals surface area contributed by atoms with Crippen LogP contribution in [-0.4, -0.2) is 16.7 Å². The summed E-state index contributed by atoms with van der Waals surface area (Å²) in [5, 5.41) is 12.7. The fourth-order valence-corrected chi connectivity index (χ4v) is 2.27. The van der Waals surface area contributed by atoms with Gasteiger partial charge in [-0.25, -0.2) is 0 Å². The highest BCUT2D eigenvalue weighted by atomic mass is 15.1. The molecule has 1 heterocycles. The molecule has 0 aliphatic carbocycles. The highest BCUT2D eigenvalue weighted by Crippen LogP contribution is 2.24. The van der Waals surface area contributed by atoms with Crippen LogP contribution in [0.5, 0.6) is 0 Å². The lowest BCUT2D eigenvalue weighted by molar-refractivity contribution is 0.789. The Kier molecular flexibility index (Phi) is 3.56. The summed E-state index contributed by atoms with van der Waals surface area (Å²) in [6.45, 7) is 0.515. The van der Waals surface area contributed by atoms with Gasteiger partial charge in [0.05, 0.1) is 23.4 Å². The molecule has 0 saturated heterocycles. The molecule has 20 heavy (non-hydrogen) atoms. The Morgan fingerprint density at radius 2 is 1.75 bits per heavy atom. The van der Waals surface area contributed by atoms with E-state index < -0.39 is 0 Å². The molecular weight excluding hydrogens is 248 g/mol. The monoisotopic (exact) mass is 264 g/mol. The molecule has 1 atom stereocenters. The summed E-state index contributed by atoms with van der Waals surface area (Å²) in [4.78, 5) is 0. The first kappa shape index (κ1) is 12.6. The minimum absolute atomic E-state index is 0.0591. The van der Waals surface area contributed by atoms with Crippen molar-refractivity contribution in [2.24, 2.45) is 5.73 Å². The number of nitrogens with one attached hydrogen (secondary N) is 1. The van der Waals surface area contributed by atoms with Gasteiger partial charge in [-0.05, 0) is 11.6 Å². The number of hydrogen-bond donors (Lipinski definition) is 2. The van der Waals surface area contributed by atoms with E-state index in [0.717, 1.165) is 22.2 Å². The smallest absolute Gasteiger partial charge is 0.0950 e. The van der Waals surface area contributed by atoms with Crippen LogP contribution in [0.25, 0.3) is 10.9 Å². The van der Waals surface area contributed by atoms with Crippen LogP contribution in [0, 0.1) is 0 Å². The third-order valence-corrected chi connectivity index (χ3v) is 3.31. The van der Waals surface area contributed by atoms with Crippen LogP contribution in [-0.2, 0) is 0 Å². The van der Waals surface area contributed by atoms with Crippen molar-refractivity contribution in [2.45, 2.75) is 6.04 Å². The summed E-state index contributed by atoms with van der Waals surface area (Å²) >= 11 is 0. The van der Waals surface area contributed by atoms with Crippen LogP contribution < -0.4 is 11.1 Å². The van der Waals surface area contributed by atoms with Gasteiger partial charge in [0.25, 0.3) is 0 Å². The molecule has 1 aromatic heterocycles. The average molecular weight is 264 g/mol. The minimum Gasteiger partial charge on any atom is -0.375 e. The summed E-state index contributed by atoms with van der Waals surface area (Å²) in [5.74, 6) is 0. The number of aromatic nitrogens is 2. The van der Waals surface area contributed by atoms with Crippen molar-refractivity contribution in [3.05, 3.63) is 66.4 Å². The predicted molar refractivity (Wildman–Crippen MR) is 81.4 cm³/mol. The van der Waals surface area contributed by atoms with Gasteiger partial charge in [0.1, 0.15) is 0 Å². The molecular formula is C16H16N4. The summed E-state index contributed by atoms with van der Waals surface area (Å²) in [7, 11) is 0. The fraction of sp³-hybridized carbons (Fsp3) is 0.125. The van der Waals surface area contributed by atoms with Gasteiger partial charge in [-0.15, -0.1) is 0 Å². The molecule has 100 valence electrons. The number of anilines is 1. The number of hydrogen-bond acceptors (Lipinski definition) is 4. The maximum Gasteiger partial charge on any atom is 0.0950 e. The number of fused-ring (bicyclic) bond motifs is 1. The van der Waals surface area contributed by atoms with Crippen molar-refractivity contribution in [2.75, 3.05) is 11.9 Å². The Bertz CT molecular complexity index is 692.